The normalized spacial score (nSPS) is 16.1. The Kier molecular flexibility index (Phi) is 3.01. The van der Waals surface area contributed by atoms with Crippen molar-refractivity contribution >= 4 is 11.6 Å². The van der Waals surface area contributed by atoms with E-state index in [2.05, 4.69) is 14.9 Å². The van der Waals surface area contributed by atoms with E-state index in [-0.39, 0.29) is 6.61 Å². The summed E-state index contributed by atoms with van der Waals surface area (Å²) in [7, 11) is 0. The summed E-state index contributed by atoms with van der Waals surface area (Å²) in [5, 5.41) is 9.01. The molecule has 0 atom stereocenters. The van der Waals surface area contributed by atoms with Crippen LogP contribution in [0.25, 0.3) is 0 Å². The van der Waals surface area contributed by atoms with E-state index in [4.69, 9.17) is 10.8 Å². The maximum absolute atomic E-state index is 9.01. The minimum absolute atomic E-state index is 0.132. The Hall–Kier alpha value is -1.36. The van der Waals surface area contributed by atoms with Crippen molar-refractivity contribution in [1.29, 1.82) is 0 Å². The number of nitrogens with two attached hydrogens (primary N) is 1. The van der Waals surface area contributed by atoms with Gasteiger partial charge in [-0.05, 0) is 19.3 Å². The first-order valence-corrected chi connectivity index (χ1v) is 5.26. The van der Waals surface area contributed by atoms with Crippen molar-refractivity contribution in [2.45, 2.75) is 25.3 Å². The number of aliphatic hydroxyl groups is 1. The third-order valence-electron chi connectivity index (χ3n) is 2.79. The predicted molar refractivity (Wildman–Crippen MR) is 58.5 cm³/mol. The minimum atomic E-state index is 0.132. The van der Waals surface area contributed by atoms with E-state index in [0.717, 1.165) is 18.7 Å². The van der Waals surface area contributed by atoms with Crippen molar-refractivity contribution in [2.24, 2.45) is 0 Å². The lowest BCUT2D eigenvalue weighted by molar-refractivity contribution is 0.283. The second-order valence-corrected chi connectivity index (χ2v) is 3.80. The Morgan fingerprint density at radius 3 is 2.80 bits per heavy atom. The van der Waals surface area contributed by atoms with Crippen LogP contribution in [0.1, 0.15) is 19.3 Å². The molecule has 1 aliphatic rings. The first-order valence-electron chi connectivity index (χ1n) is 5.26. The molecule has 2 rings (SSSR count). The van der Waals surface area contributed by atoms with E-state index in [9.17, 15) is 0 Å². The van der Waals surface area contributed by atoms with Crippen molar-refractivity contribution in [3.8, 4) is 0 Å². The van der Waals surface area contributed by atoms with Gasteiger partial charge < -0.3 is 15.7 Å². The SMILES string of the molecule is Nc1cncc(N(CCO)C2CCC2)n1. The molecule has 0 radical (unpaired) electrons. The molecular formula is C10H16N4O. The molecular weight excluding hydrogens is 192 g/mol. The summed E-state index contributed by atoms with van der Waals surface area (Å²) in [6.45, 7) is 0.732. The summed E-state index contributed by atoms with van der Waals surface area (Å²) in [5.41, 5.74) is 5.59. The van der Waals surface area contributed by atoms with Crippen molar-refractivity contribution in [3.63, 3.8) is 0 Å². The van der Waals surface area contributed by atoms with Gasteiger partial charge >= 0.3 is 0 Å². The quantitative estimate of drug-likeness (QED) is 0.749. The molecule has 1 fully saturated rings. The number of anilines is 2. The van der Waals surface area contributed by atoms with Gasteiger partial charge in [0.15, 0.2) is 0 Å². The monoisotopic (exact) mass is 208 g/mol. The Balaban J connectivity index is 2.15. The van der Waals surface area contributed by atoms with Gasteiger partial charge in [0.1, 0.15) is 11.6 Å². The van der Waals surface area contributed by atoms with Gasteiger partial charge in [0.2, 0.25) is 0 Å². The van der Waals surface area contributed by atoms with Crippen LogP contribution in [0.3, 0.4) is 0 Å². The number of hydrogen-bond acceptors (Lipinski definition) is 5. The minimum Gasteiger partial charge on any atom is -0.395 e. The molecule has 1 heterocycles. The predicted octanol–water partition coefficient (Wildman–Crippen LogP) is 0.410. The Morgan fingerprint density at radius 2 is 2.27 bits per heavy atom. The second kappa shape index (κ2) is 4.44. The van der Waals surface area contributed by atoms with Gasteiger partial charge in [-0.1, -0.05) is 0 Å². The van der Waals surface area contributed by atoms with E-state index in [1.807, 2.05) is 0 Å². The molecule has 5 heteroatoms. The maximum Gasteiger partial charge on any atom is 0.149 e. The highest BCUT2D eigenvalue weighted by Crippen LogP contribution is 2.27. The molecule has 1 saturated carbocycles. The molecule has 1 aromatic rings. The Bertz CT molecular complexity index is 327. The molecule has 0 unspecified atom stereocenters. The highest BCUT2D eigenvalue weighted by molar-refractivity contribution is 5.42. The van der Waals surface area contributed by atoms with Gasteiger partial charge in [0, 0.05) is 12.6 Å². The van der Waals surface area contributed by atoms with Gasteiger partial charge in [-0.15, -0.1) is 0 Å². The lowest BCUT2D eigenvalue weighted by Gasteiger charge is -2.37. The fourth-order valence-electron chi connectivity index (χ4n) is 1.80. The number of nitrogen functional groups attached to an aromatic ring is 1. The van der Waals surface area contributed by atoms with Crippen LogP contribution in [-0.2, 0) is 0 Å². The van der Waals surface area contributed by atoms with Gasteiger partial charge in [0.25, 0.3) is 0 Å². The molecule has 0 bridgehead atoms. The lowest BCUT2D eigenvalue weighted by atomic mass is 9.91. The van der Waals surface area contributed by atoms with E-state index in [0.29, 0.717) is 18.4 Å². The van der Waals surface area contributed by atoms with Gasteiger partial charge in [-0.2, -0.15) is 0 Å². The van der Waals surface area contributed by atoms with Crippen LogP contribution in [0.15, 0.2) is 12.4 Å². The number of aromatic nitrogens is 2. The topological polar surface area (TPSA) is 75.3 Å². The summed E-state index contributed by atoms with van der Waals surface area (Å²) in [4.78, 5) is 10.3. The number of nitrogens with zero attached hydrogens (tertiary/aromatic N) is 3. The highest BCUT2D eigenvalue weighted by Gasteiger charge is 2.25. The summed E-state index contributed by atoms with van der Waals surface area (Å²) in [6, 6.07) is 0.494. The molecule has 5 nitrogen and oxygen atoms in total. The third kappa shape index (κ3) is 2.18. The molecule has 1 aliphatic carbocycles. The van der Waals surface area contributed by atoms with Crippen LogP contribution in [0, 0.1) is 0 Å². The van der Waals surface area contributed by atoms with Gasteiger partial charge in [-0.25, -0.2) is 4.98 Å². The van der Waals surface area contributed by atoms with E-state index >= 15 is 0 Å². The molecule has 0 aromatic carbocycles. The second-order valence-electron chi connectivity index (χ2n) is 3.80. The van der Waals surface area contributed by atoms with Crippen LogP contribution >= 0.6 is 0 Å². The summed E-state index contributed by atoms with van der Waals surface area (Å²) in [5.74, 6) is 1.20. The summed E-state index contributed by atoms with van der Waals surface area (Å²) in [6.07, 6.45) is 6.81. The van der Waals surface area contributed by atoms with Crippen molar-refractivity contribution < 1.29 is 5.11 Å². The zero-order chi connectivity index (χ0) is 10.7. The van der Waals surface area contributed by atoms with Crippen molar-refractivity contribution in [3.05, 3.63) is 12.4 Å². The third-order valence-corrected chi connectivity index (χ3v) is 2.79. The molecule has 3 N–H and O–H groups in total. The van der Waals surface area contributed by atoms with Crippen LogP contribution in [0.5, 0.6) is 0 Å². The highest BCUT2D eigenvalue weighted by atomic mass is 16.3. The fourth-order valence-corrected chi connectivity index (χ4v) is 1.80. The fraction of sp³-hybridized carbons (Fsp3) is 0.600. The Labute approximate surface area is 88.9 Å². The van der Waals surface area contributed by atoms with Crippen LogP contribution in [-0.4, -0.2) is 34.3 Å². The zero-order valence-electron chi connectivity index (χ0n) is 8.63. The van der Waals surface area contributed by atoms with Crippen molar-refractivity contribution in [1.82, 2.24) is 9.97 Å². The Morgan fingerprint density at radius 1 is 1.47 bits per heavy atom. The van der Waals surface area contributed by atoms with Crippen LogP contribution in [0.4, 0.5) is 11.6 Å². The maximum atomic E-state index is 9.01. The molecule has 15 heavy (non-hydrogen) atoms. The largest absolute Gasteiger partial charge is 0.395 e. The molecule has 82 valence electrons. The average molecular weight is 208 g/mol. The van der Waals surface area contributed by atoms with Crippen LogP contribution in [0.2, 0.25) is 0 Å². The molecule has 0 amide bonds. The number of rotatable bonds is 4. The first kappa shape index (κ1) is 10.2. The van der Waals surface area contributed by atoms with E-state index in [1.54, 1.807) is 6.20 Å². The molecule has 1 aromatic heterocycles. The molecule has 0 aliphatic heterocycles. The number of aliphatic hydroxyl groups excluding tert-OH is 1. The lowest BCUT2D eigenvalue weighted by Crippen LogP contribution is -2.42. The van der Waals surface area contributed by atoms with E-state index in [1.165, 1.54) is 12.6 Å². The smallest absolute Gasteiger partial charge is 0.149 e. The average Bonchev–Trinajstić information content (AvgIpc) is 2.14. The first-order chi connectivity index (χ1) is 7.31. The standard InChI is InChI=1S/C10H16N4O/c11-9-6-12-7-10(13-9)14(4-5-15)8-2-1-3-8/h6-8,15H,1-5H2,(H2,11,13). The molecule has 0 saturated heterocycles. The van der Waals surface area contributed by atoms with Gasteiger partial charge in [-0.3, -0.25) is 4.98 Å². The van der Waals surface area contributed by atoms with Gasteiger partial charge in [0.05, 0.1) is 19.0 Å². The molecule has 0 spiro atoms. The summed E-state index contributed by atoms with van der Waals surface area (Å²) < 4.78 is 0. The van der Waals surface area contributed by atoms with Crippen LogP contribution < -0.4 is 10.6 Å². The van der Waals surface area contributed by atoms with Crippen molar-refractivity contribution in [2.75, 3.05) is 23.8 Å². The number of hydrogen-bond donors (Lipinski definition) is 2. The van der Waals surface area contributed by atoms with E-state index < -0.39 is 0 Å². The zero-order valence-corrected chi connectivity index (χ0v) is 8.63. The summed E-state index contributed by atoms with van der Waals surface area (Å²) >= 11 is 0.